The van der Waals surface area contributed by atoms with Crippen molar-refractivity contribution < 1.29 is 9.84 Å². The maximum Gasteiger partial charge on any atom is 0.120 e. The van der Waals surface area contributed by atoms with E-state index in [9.17, 15) is 5.11 Å². The number of para-hydroxylation sites is 1. The minimum absolute atomic E-state index is 0.0710. The number of halogens is 2. The van der Waals surface area contributed by atoms with E-state index >= 15 is 0 Å². The fraction of sp³-hybridized carbons (Fsp3) is 0.250. The monoisotopic (exact) mass is 442 g/mol. The lowest BCUT2D eigenvalue weighted by Crippen LogP contribution is -2.48. The van der Waals surface area contributed by atoms with Crippen molar-refractivity contribution in [2.45, 2.75) is 6.04 Å². The van der Waals surface area contributed by atoms with Gasteiger partial charge in [0.15, 0.2) is 0 Å². The maximum atomic E-state index is 10.6. The lowest BCUT2D eigenvalue weighted by Gasteiger charge is -2.41. The summed E-state index contributed by atoms with van der Waals surface area (Å²) >= 11 is 12.6. The number of piperazine rings is 1. The van der Waals surface area contributed by atoms with Crippen molar-refractivity contribution in [3.63, 3.8) is 0 Å². The number of hydrogen-bond donors (Lipinski definition) is 1. The van der Waals surface area contributed by atoms with Gasteiger partial charge in [0.05, 0.1) is 28.9 Å². The molecule has 3 aromatic carbocycles. The highest BCUT2D eigenvalue weighted by Gasteiger charge is 2.29. The summed E-state index contributed by atoms with van der Waals surface area (Å²) in [5.41, 5.74) is 2.94. The van der Waals surface area contributed by atoms with Gasteiger partial charge >= 0.3 is 0 Å². The minimum atomic E-state index is -0.0710. The van der Waals surface area contributed by atoms with Crippen LogP contribution in [-0.4, -0.2) is 43.3 Å². The molecule has 1 fully saturated rings. The van der Waals surface area contributed by atoms with Crippen molar-refractivity contribution in [1.82, 2.24) is 4.90 Å². The molecule has 1 heterocycles. The number of phenols is 1. The van der Waals surface area contributed by atoms with Gasteiger partial charge in [0.2, 0.25) is 0 Å². The summed E-state index contributed by atoms with van der Waals surface area (Å²) < 4.78 is 5.44. The molecule has 1 aliphatic heterocycles. The molecule has 1 unspecified atom stereocenters. The third kappa shape index (κ3) is 4.22. The zero-order valence-electron chi connectivity index (χ0n) is 16.8. The number of aromatic hydroxyl groups is 1. The Morgan fingerprint density at radius 2 is 1.63 bits per heavy atom. The van der Waals surface area contributed by atoms with Gasteiger partial charge in [-0.3, -0.25) is 4.90 Å². The Balaban J connectivity index is 1.63. The van der Waals surface area contributed by atoms with Crippen molar-refractivity contribution in [3.8, 4) is 11.5 Å². The second-order valence-electron chi connectivity index (χ2n) is 7.33. The average Bonchev–Trinajstić information content (AvgIpc) is 2.78. The van der Waals surface area contributed by atoms with Gasteiger partial charge in [-0.1, -0.05) is 59.6 Å². The quantitative estimate of drug-likeness (QED) is 0.556. The van der Waals surface area contributed by atoms with E-state index in [1.165, 1.54) is 0 Å². The van der Waals surface area contributed by atoms with Gasteiger partial charge in [-0.05, 0) is 35.9 Å². The van der Waals surface area contributed by atoms with E-state index in [1.54, 1.807) is 19.2 Å². The van der Waals surface area contributed by atoms with Crippen LogP contribution < -0.4 is 9.64 Å². The van der Waals surface area contributed by atoms with Crippen LogP contribution in [0.2, 0.25) is 10.0 Å². The zero-order chi connectivity index (χ0) is 21.1. The second-order valence-corrected chi connectivity index (χ2v) is 8.12. The van der Waals surface area contributed by atoms with Crippen LogP contribution in [0.15, 0.2) is 66.7 Å². The first kappa shape index (κ1) is 20.9. The Morgan fingerprint density at radius 1 is 0.900 bits per heavy atom. The number of anilines is 1. The molecule has 4 rings (SSSR count). The molecule has 0 radical (unpaired) electrons. The first-order chi connectivity index (χ1) is 14.6. The SMILES string of the molecule is COc1cccc(C(c2ccccc2O)N2CCN(c3cccc(Cl)c3Cl)CC2)c1. The van der Waals surface area contributed by atoms with Crippen LogP contribution >= 0.6 is 23.2 Å². The Kier molecular flexibility index (Phi) is 6.38. The van der Waals surface area contributed by atoms with Crippen LogP contribution in [0.4, 0.5) is 5.69 Å². The first-order valence-electron chi connectivity index (χ1n) is 9.93. The van der Waals surface area contributed by atoms with Gasteiger partial charge in [0.1, 0.15) is 11.5 Å². The van der Waals surface area contributed by atoms with Gasteiger partial charge in [-0.15, -0.1) is 0 Å². The maximum absolute atomic E-state index is 10.6. The molecular weight excluding hydrogens is 419 g/mol. The van der Waals surface area contributed by atoms with Crippen LogP contribution in [0.25, 0.3) is 0 Å². The number of ether oxygens (including phenoxy) is 1. The van der Waals surface area contributed by atoms with E-state index in [4.69, 9.17) is 27.9 Å². The average molecular weight is 443 g/mol. The lowest BCUT2D eigenvalue weighted by atomic mass is 9.95. The summed E-state index contributed by atoms with van der Waals surface area (Å²) in [6, 6.07) is 21.3. The smallest absolute Gasteiger partial charge is 0.120 e. The van der Waals surface area contributed by atoms with Gasteiger partial charge < -0.3 is 14.7 Å². The van der Waals surface area contributed by atoms with E-state index in [0.29, 0.717) is 15.8 Å². The second kappa shape index (κ2) is 9.17. The molecule has 30 heavy (non-hydrogen) atoms. The minimum Gasteiger partial charge on any atom is -0.508 e. The van der Waals surface area contributed by atoms with Gasteiger partial charge in [-0.2, -0.15) is 0 Å². The summed E-state index contributed by atoms with van der Waals surface area (Å²) in [6.07, 6.45) is 0. The molecule has 1 atom stereocenters. The van der Waals surface area contributed by atoms with E-state index in [2.05, 4.69) is 15.9 Å². The first-order valence-corrected chi connectivity index (χ1v) is 10.7. The molecule has 1 N–H and O–H groups in total. The van der Waals surface area contributed by atoms with Gasteiger partial charge in [0, 0.05) is 31.7 Å². The number of methoxy groups -OCH3 is 1. The topological polar surface area (TPSA) is 35.9 Å². The Morgan fingerprint density at radius 3 is 2.37 bits per heavy atom. The number of nitrogens with zero attached hydrogens (tertiary/aromatic N) is 2. The van der Waals surface area contributed by atoms with Gasteiger partial charge in [-0.25, -0.2) is 0 Å². The summed E-state index contributed by atoms with van der Waals surface area (Å²) in [4.78, 5) is 4.65. The van der Waals surface area contributed by atoms with Crippen molar-refractivity contribution in [3.05, 3.63) is 87.9 Å². The van der Waals surface area contributed by atoms with Crippen LogP contribution in [0.1, 0.15) is 17.2 Å². The molecule has 0 amide bonds. The number of rotatable bonds is 5. The van der Waals surface area contributed by atoms with Crippen molar-refractivity contribution in [1.29, 1.82) is 0 Å². The fourth-order valence-corrected chi connectivity index (χ4v) is 4.49. The Hall–Kier alpha value is -2.40. The van der Waals surface area contributed by atoms with Gasteiger partial charge in [0.25, 0.3) is 0 Å². The zero-order valence-corrected chi connectivity index (χ0v) is 18.3. The number of phenolic OH excluding ortho intramolecular Hbond substituents is 1. The summed E-state index contributed by atoms with van der Waals surface area (Å²) in [5.74, 6) is 1.10. The molecule has 4 nitrogen and oxygen atoms in total. The number of benzene rings is 3. The normalized spacial score (nSPS) is 15.8. The van der Waals surface area contributed by atoms with Crippen molar-refractivity contribution >= 4 is 28.9 Å². The Bertz CT molecular complexity index is 1020. The largest absolute Gasteiger partial charge is 0.508 e. The van der Waals surface area contributed by atoms with Crippen LogP contribution in [0, 0.1) is 0 Å². The van der Waals surface area contributed by atoms with Crippen molar-refractivity contribution in [2.75, 3.05) is 38.2 Å². The standard InChI is InChI=1S/C24H24Cl2N2O2/c1-30-18-7-4-6-17(16-18)24(19-8-2-3-11-22(19)29)28-14-12-27(13-15-28)21-10-5-9-20(25)23(21)26/h2-11,16,24,29H,12-15H2,1H3. The molecule has 0 aliphatic carbocycles. The van der Waals surface area contributed by atoms with Crippen LogP contribution in [0.5, 0.6) is 11.5 Å². The highest BCUT2D eigenvalue weighted by atomic mass is 35.5. The molecule has 0 bridgehead atoms. The predicted octanol–water partition coefficient (Wildman–Crippen LogP) is 5.62. The van der Waals surface area contributed by atoms with E-state index in [0.717, 1.165) is 48.7 Å². The lowest BCUT2D eigenvalue weighted by molar-refractivity contribution is 0.209. The Labute approximate surface area is 187 Å². The van der Waals surface area contributed by atoms with Crippen LogP contribution in [0.3, 0.4) is 0 Å². The molecule has 1 saturated heterocycles. The summed E-state index contributed by atoms with van der Waals surface area (Å²) in [5, 5.41) is 11.8. The van der Waals surface area contributed by atoms with Crippen molar-refractivity contribution in [2.24, 2.45) is 0 Å². The predicted molar refractivity (Wildman–Crippen MR) is 123 cm³/mol. The molecule has 0 aromatic heterocycles. The van der Waals surface area contributed by atoms with Crippen LogP contribution in [-0.2, 0) is 0 Å². The van der Waals surface area contributed by atoms with E-state index in [-0.39, 0.29) is 6.04 Å². The summed E-state index contributed by atoms with van der Waals surface area (Å²) in [7, 11) is 1.67. The summed E-state index contributed by atoms with van der Waals surface area (Å²) in [6.45, 7) is 3.26. The highest BCUT2D eigenvalue weighted by molar-refractivity contribution is 6.43. The van der Waals surface area contributed by atoms with E-state index in [1.807, 2.05) is 48.5 Å². The molecule has 156 valence electrons. The molecule has 1 aliphatic rings. The molecular formula is C24H24Cl2N2O2. The highest BCUT2D eigenvalue weighted by Crippen LogP contribution is 2.37. The number of hydrogen-bond acceptors (Lipinski definition) is 4. The molecule has 0 spiro atoms. The molecule has 3 aromatic rings. The molecule has 6 heteroatoms. The third-order valence-corrected chi connectivity index (χ3v) is 6.40. The van der Waals surface area contributed by atoms with E-state index < -0.39 is 0 Å². The third-order valence-electron chi connectivity index (χ3n) is 5.59. The fourth-order valence-electron chi connectivity index (χ4n) is 4.08. The molecule has 0 saturated carbocycles.